The van der Waals surface area contributed by atoms with E-state index in [1.165, 1.54) is 18.2 Å². The van der Waals surface area contributed by atoms with E-state index in [0.29, 0.717) is 5.92 Å². The highest BCUT2D eigenvalue weighted by Gasteiger charge is 2.20. The summed E-state index contributed by atoms with van der Waals surface area (Å²) in [5.41, 5.74) is -0.124. The molecule has 140 valence electrons. The van der Waals surface area contributed by atoms with Gasteiger partial charge in [-0.2, -0.15) is 0 Å². The molecule has 2 aromatic carbocycles. The van der Waals surface area contributed by atoms with E-state index in [4.69, 9.17) is 0 Å². The average Bonchev–Trinajstić information content (AvgIpc) is 2.58. The molecule has 0 saturated carbocycles. The van der Waals surface area contributed by atoms with Crippen LogP contribution in [0.3, 0.4) is 0 Å². The Labute approximate surface area is 153 Å². The van der Waals surface area contributed by atoms with Gasteiger partial charge in [0.25, 0.3) is 0 Å². The Kier molecular flexibility index (Phi) is 6.14. The van der Waals surface area contributed by atoms with Gasteiger partial charge in [0.2, 0.25) is 0 Å². The monoisotopic (exact) mass is 358 g/mol. The van der Waals surface area contributed by atoms with Gasteiger partial charge in [-0.25, -0.2) is 0 Å². The van der Waals surface area contributed by atoms with Crippen LogP contribution in [0.1, 0.15) is 50.4 Å². The van der Waals surface area contributed by atoms with E-state index in [1.807, 2.05) is 6.92 Å². The summed E-state index contributed by atoms with van der Waals surface area (Å²) in [5, 5.41) is 40.1. The molecule has 0 saturated heterocycles. The molecular formula is C21H26O5. The van der Waals surface area contributed by atoms with Crippen molar-refractivity contribution in [2.24, 2.45) is 11.8 Å². The third-order valence-electron chi connectivity index (χ3n) is 4.59. The number of hydrogen-bond donors (Lipinski definition) is 4. The molecule has 0 heterocycles. The molecular weight excluding hydrogens is 332 g/mol. The van der Waals surface area contributed by atoms with Crippen LogP contribution >= 0.6 is 0 Å². The molecule has 2 aromatic rings. The molecule has 5 heteroatoms. The Bertz CT molecular complexity index is 838. The van der Waals surface area contributed by atoms with Crippen LogP contribution in [0.15, 0.2) is 30.4 Å². The molecule has 0 fully saturated rings. The minimum atomic E-state index is -0.475. The van der Waals surface area contributed by atoms with E-state index in [1.54, 1.807) is 6.08 Å². The SMILES string of the molecule is CCCC(C)CC(C)C=CC(=O)c1cc(O)c2c(O)ccc(O)c2c1O. The predicted molar refractivity (Wildman–Crippen MR) is 102 cm³/mol. The molecule has 26 heavy (non-hydrogen) atoms. The molecule has 0 aliphatic carbocycles. The molecule has 0 amide bonds. The fraction of sp³-hybridized carbons (Fsp3) is 0.381. The van der Waals surface area contributed by atoms with Crippen LogP contribution in [0.4, 0.5) is 0 Å². The van der Waals surface area contributed by atoms with Gasteiger partial charge in [0.1, 0.15) is 23.0 Å². The van der Waals surface area contributed by atoms with Gasteiger partial charge in [-0.3, -0.25) is 4.79 Å². The lowest BCUT2D eigenvalue weighted by atomic mass is 9.93. The van der Waals surface area contributed by atoms with Crippen molar-refractivity contribution in [1.82, 2.24) is 0 Å². The summed E-state index contributed by atoms with van der Waals surface area (Å²) in [5.74, 6) is -1.18. The summed E-state index contributed by atoms with van der Waals surface area (Å²) in [6.07, 6.45) is 6.38. The van der Waals surface area contributed by atoms with Gasteiger partial charge in [0.15, 0.2) is 5.78 Å². The molecule has 0 radical (unpaired) electrons. The predicted octanol–water partition coefficient (Wildman–Crippen LogP) is 4.86. The smallest absolute Gasteiger partial charge is 0.189 e. The molecule has 2 atom stereocenters. The number of fused-ring (bicyclic) bond motifs is 1. The van der Waals surface area contributed by atoms with Crippen LogP contribution in [0.2, 0.25) is 0 Å². The van der Waals surface area contributed by atoms with Crippen LogP contribution < -0.4 is 0 Å². The molecule has 2 unspecified atom stereocenters. The van der Waals surface area contributed by atoms with Gasteiger partial charge < -0.3 is 20.4 Å². The van der Waals surface area contributed by atoms with Crippen LogP contribution in [0.25, 0.3) is 10.8 Å². The molecule has 4 N–H and O–H groups in total. The summed E-state index contributed by atoms with van der Waals surface area (Å²) < 4.78 is 0. The molecule has 0 bridgehead atoms. The molecule has 0 aromatic heterocycles. The highest BCUT2D eigenvalue weighted by atomic mass is 16.3. The van der Waals surface area contributed by atoms with Gasteiger partial charge >= 0.3 is 0 Å². The maximum atomic E-state index is 12.5. The van der Waals surface area contributed by atoms with E-state index < -0.39 is 11.5 Å². The first kappa shape index (κ1) is 19.6. The van der Waals surface area contributed by atoms with Crippen LogP contribution in [0, 0.1) is 11.8 Å². The molecule has 0 aliphatic rings. The molecule has 0 aliphatic heterocycles. The highest BCUT2D eigenvalue weighted by molar-refractivity contribution is 6.13. The summed E-state index contributed by atoms with van der Waals surface area (Å²) >= 11 is 0. The highest BCUT2D eigenvalue weighted by Crippen LogP contribution is 2.44. The number of benzene rings is 2. The zero-order valence-corrected chi connectivity index (χ0v) is 15.4. The summed E-state index contributed by atoms with van der Waals surface area (Å²) in [7, 11) is 0. The van der Waals surface area contributed by atoms with Crippen LogP contribution in [-0.4, -0.2) is 26.2 Å². The Morgan fingerprint density at radius 1 is 1.04 bits per heavy atom. The summed E-state index contributed by atoms with van der Waals surface area (Å²) in [4.78, 5) is 12.5. The van der Waals surface area contributed by atoms with Gasteiger partial charge in [-0.1, -0.05) is 39.7 Å². The lowest BCUT2D eigenvalue weighted by Gasteiger charge is -2.13. The number of hydrogen-bond acceptors (Lipinski definition) is 5. The zero-order chi connectivity index (χ0) is 19.4. The van der Waals surface area contributed by atoms with Crippen molar-refractivity contribution >= 4 is 16.6 Å². The average molecular weight is 358 g/mol. The third kappa shape index (κ3) is 4.10. The Balaban J connectivity index is 2.33. The van der Waals surface area contributed by atoms with Crippen molar-refractivity contribution in [3.05, 3.63) is 35.9 Å². The normalized spacial score (nSPS) is 14.0. The van der Waals surface area contributed by atoms with E-state index in [2.05, 4.69) is 13.8 Å². The fourth-order valence-corrected chi connectivity index (χ4v) is 3.34. The Hall–Kier alpha value is -2.69. The van der Waals surface area contributed by atoms with Gasteiger partial charge in [-0.05, 0) is 42.5 Å². The van der Waals surface area contributed by atoms with Crippen molar-refractivity contribution in [2.45, 2.75) is 40.0 Å². The maximum Gasteiger partial charge on any atom is 0.189 e. The minimum absolute atomic E-state index is 0.0928. The number of carbonyl (C=O) groups is 1. The van der Waals surface area contributed by atoms with Crippen molar-refractivity contribution in [3.8, 4) is 23.0 Å². The number of ketones is 1. The van der Waals surface area contributed by atoms with E-state index in [9.17, 15) is 25.2 Å². The first-order chi connectivity index (χ1) is 12.3. The van der Waals surface area contributed by atoms with E-state index in [-0.39, 0.29) is 39.5 Å². The zero-order valence-electron chi connectivity index (χ0n) is 15.4. The van der Waals surface area contributed by atoms with Crippen molar-refractivity contribution < 1.29 is 25.2 Å². The third-order valence-corrected chi connectivity index (χ3v) is 4.59. The first-order valence-corrected chi connectivity index (χ1v) is 8.88. The minimum Gasteiger partial charge on any atom is -0.507 e. The van der Waals surface area contributed by atoms with Crippen molar-refractivity contribution in [1.29, 1.82) is 0 Å². The Morgan fingerprint density at radius 2 is 1.65 bits per heavy atom. The number of phenolic OH excluding ortho intramolecular Hbond substituents is 4. The van der Waals surface area contributed by atoms with Crippen molar-refractivity contribution in [3.63, 3.8) is 0 Å². The standard InChI is InChI=1S/C21H26O5/c1-4-5-12(2)10-13(3)6-7-15(22)14-11-18(25)19-16(23)8-9-17(24)20(19)21(14)26/h6-9,11-13,23-26H,4-5,10H2,1-3H3. The number of carbonyl (C=O) groups excluding carboxylic acids is 1. The lowest BCUT2D eigenvalue weighted by Crippen LogP contribution is -2.02. The fourth-order valence-electron chi connectivity index (χ4n) is 3.34. The van der Waals surface area contributed by atoms with E-state index >= 15 is 0 Å². The second kappa shape index (κ2) is 8.13. The van der Waals surface area contributed by atoms with Crippen molar-refractivity contribution in [2.75, 3.05) is 0 Å². The topological polar surface area (TPSA) is 98.0 Å². The maximum absolute atomic E-state index is 12.5. The number of phenols is 4. The van der Waals surface area contributed by atoms with Gasteiger partial charge in [0, 0.05) is 0 Å². The first-order valence-electron chi connectivity index (χ1n) is 8.88. The molecule has 0 spiro atoms. The van der Waals surface area contributed by atoms with Crippen LogP contribution in [-0.2, 0) is 0 Å². The van der Waals surface area contributed by atoms with Gasteiger partial charge in [0.05, 0.1) is 16.3 Å². The Morgan fingerprint density at radius 3 is 2.27 bits per heavy atom. The summed E-state index contributed by atoms with van der Waals surface area (Å²) in [6, 6.07) is 3.50. The number of aromatic hydroxyl groups is 4. The lowest BCUT2D eigenvalue weighted by molar-refractivity contribution is 0.104. The second-order valence-electron chi connectivity index (χ2n) is 6.98. The molecule has 5 nitrogen and oxygen atoms in total. The van der Waals surface area contributed by atoms with Crippen LogP contribution in [0.5, 0.6) is 23.0 Å². The van der Waals surface area contributed by atoms with E-state index in [0.717, 1.165) is 25.3 Å². The number of rotatable bonds is 7. The second-order valence-corrected chi connectivity index (χ2v) is 6.98. The summed E-state index contributed by atoms with van der Waals surface area (Å²) in [6.45, 7) is 6.35. The number of allylic oxidation sites excluding steroid dienone is 2. The molecule has 2 rings (SSSR count). The largest absolute Gasteiger partial charge is 0.507 e. The van der Waals surface area contributed by atoms with Gasteiger partial charge in [-0.15, -0.1) is 0 Å². The quantitative estimate of drug-likeness (QED) is 0.322.